The summed E-state index contributed by atoms with van der Waals surface area (Å²) in [6, 6.07) is 75.4. The van der Waals surface area contributed by atoms with Crippen molar-refractivity contribution in [3.63, 3.8) is 0 Å². The van der Waals surface area contributed by atoms with Crippen LogP contribution in [0, 0.1) is 5.92 Å². The molecule has 2 aromatic heterocycles. The minimum atomic E-state index is -0.206. The van der Waals surface area contributed by atoms with Crippen molar-refractivity contribution in [1.82, 2.24) is 14.9 Å². The Balaban J connectivity index is 0.957. The predicted octanol–water partition coefficient (Wildman–Crippen LogP) is 15.4. The van der Waals surface area contributed by atoms with Crippen LogP contribution in [0.15, 0.2) is 224 Å². The fraction of sp³-hybridized carbons (Fsp3) is 0.109. The number of rotatable bonds is 9. The summed E-state index contributed by atoms with van der Waals surface area (Å²) >= 11 is 0. The number of fused-ring (bicyclic) bond motifs is 3. The highest BCUT2D eigenvalue weighted by Gasteiger charge is 2.36. The topological polar surface area (TPSA) is 66.3 Å². The van der Waals surface area contributed by atoms with E-state index in [1.54, 1.807) is 0 Å². The van der Waals surface area contributed by atoms with E-state index in [-0.39, 0.29) is 17.5 Å². The molecule has 0 spiro atoms. The number of aliphatic hydroxyl groups excluding tert-OH is 1. The van der Waals surface area contributed by atoms with E-state index in [0.717, 1.165) is 131 Å². The third-order valence-corrected chi connectivity index (χ3v) is 14.2. The van der Waals surface area contributed by atoms with Crippen molar-refractivity contribution in [3.05, 3.63) is 229 Å². The zero-order valence-electron chi connectivity index (χ0n) is 38.2. The summed E-state index contributed by atoms with van der Waals surface area (Å²) in [5.74, 6) is 0.108. The molecule has 5 nitrogen and oxygen atoms in total. The first-order chi connectivity index (χ1) is 34.0. The fourth-order valence-corrected chi connectivity index (χ4v) is 10.6. The van der Waals surface area contributed by atoms with E-state index in [9.17, 15) is 9.90 Å². The number of carbonyl (C=O) groups is 1. The molecule has 2 aliphatic rings. The normalized spacial score (nSPS) is 14.9. The van der Waals surface area contributed by atoms with Gasteiger partial charge in [0.1, 0.15) is 11.5 Å². The van der Waals surface area contributed by atoms with Crippen molar-refractivity contribution in [1.29, 1.82) is 0 Å². The molecule has 8 aromatic carbocycles. The van der Waals surface area contributed by atoms with Crippen LogP contribution in [-0.4, -0.2) is 38.8 Å². The summed E-state index contributed by atoms with van der Waals surface area (Å²) in [6.45, 7) is 1.61. The number of hydrogen-bond donors (Lipinski definition) is 1. The van der Waals surface area contributed by atoms with Gasteiger partial charge in [0.2, 0.25) is 0 Å². The Hall–Kier alpha value is -8.41. The summed E-state index contributed by atoms with van der Waals surface area (Å²) < 4.78 is 0. The minimum absolute atomic E-state index is 0.0652. The van der Waals surface area contributed by atoms with Gasteiger partial charge in [0.05, 0.1) is 22.4 Å². The third-order valence-electron chi connectivity index (χ3n) is 14.2. The van der Waals surface area contributed by atoms with Crippen molar-refractivity contribution in [2.24, 2.45) is 5.92 Å². The number of aliphatic hydroxyl groups is 1. The zero-order chi connectivity index (χ0) is 46.3. The summed E-state index contributed by atoms with van der Waals surface area (Å²) in [5, 5.41) is 13.1. The fourth-order valence-electron chi connectivity index (χ4n) is 10.6. The quantitative estimate of drug-likeness (QED) is 0.156. The maximum Gasteiger partial charge on any atom is 0.185 e. The Morgan fingerprint density at radius 2 is 0.884 bits per heavy atom. The number of aromatic nitrogens is 2. The summed E-state index contributed by atoms with van der Waals surface area (Å²) in [6.07, 6.45) is 2.81. The smallest absolute Gasteiger partial charge is 0.185 e. The van der Waals surface area contributed by atoms with Gasteiger partial charge in [-0.25, -0.2) is 9.97 Å². The molecule has 0 aliphatic carbocycles. The molecule has 2 aliphatic heterocycles. The molecule has 69 heavy (non-hydrogen) atoms. The number of pyridine rings is 2. The molecule has 0 radical (unpaired) electrons. The van der Waals surface area contributed by atoms with Crippen molar-refractivity contribution in [2.75, 3.05) is 13.1 Å². The van der Waals surface area contributed by atoms with Crippen molar-refractivity contribution >= 4 is 27.6 Å². The molecule has 1 saturated heterocycles. The van der Waals surface area contributed by atoms with Crippen LogP contribution in [0.2, 0.25) is 0 Å². The maximum atomic E-state index is 14.1. The van der Waals surface area contributed by atoms with E-state index in [4.69, 9.17) is 9.97 Å². The number of carbonyl (C=O) groups excluding carboxylic acids is 1. The number of nitrogens with zero attached hydrogens (tertiary/aromatic N) is 3. The van der Waals surface area contributed by atoms with Crippen LogP contribution in [0.3, 0.4) is 0 Å². The standard InChI is InChI=1S/C64H49N3O2/c68-62-22-11-36-67-37-35-49(64(69)63(62)67)38-48-14-1-4-15-53(48)50-39-51(56-18-7-5-16-54(56)42-23-27-46(28-24-42)60-33-31-44-12-2-9-20-58(44)65-60)41-52(40-50)57-19-8-6-17-55(57)43-25-29-47(30-26-43)61-34-32-45-13-3-10-21-59(45)66-61/h1-10,12-21,23-34,39-41,49,68H,11,22,35-38H2. The first-order valence-electron chi connectivity index (χ1n) is 24.1. The van der Waals surface area contributed by atoms with Gasteiger partial charge in [-0.15, -0.1) is 0 Å². The van der Waals surface area contributed by atoms with Gasteiger partial charge >= 0.3 is 0 Å². The molecule has 4 heterocycles. The van der Waals surface area contributed by atoms with E-state index in [1.165, 1.54) is 0 Å². The molecule has 0 bridgehead atoms. The van der Waals surface area contributed by atoms with Crippen LogP contribution in [-0.2, 0) is 11.2 Å². The molecule has 1 fully saturated rings. The summed E-state index contributed by atoms with van der Waals surface area (Å²) in [4.78, 5) is 26.1. The second kappa shape index (κ2) is 18.0. The molecule has 1 atom stereocenters. The molecule has 1 unspecified atom stereocenters. The first-order valence-corrected chi connectivity index (χ1v) is 24.1. The minimum Gasteiger partial charge on any atom is -0.510 e. The second-order valence-electron chi connectivity index (χ2n) is 18.4. The van der Waals surface area contributed by atoms with Crippen molar-refractivity contribution < 1.29 is 9.90 Å². The third kappa shape index (κ3) is 8.16. The molecule has 12 rings (SSSR count). The largest absolute Gasteiger partial charge is 0.510 e. The van der Waals surface area contributed by atoms with Gasteiger partial charge in [-0.05, 0) is 123 Å². The molecule has 5 heteroatoms. The number of para-hydroxylation sites is 2. The van der Waals surface area contributed by atoms with Crippen LogP contribution >= 0.6 is 0 Å². The van der Waals surface area contributed by atoms with E-state index >= 15 is 0 Å². The lowest BCUT2D eigenvalue weighted by Crippen LogP contribution is -2.42. The van der Waals surface area contributed by atoms with Crippen LogP contribution in [0.25, 0.3) is 100.0 Å². The highest BCUT2D eigenvalue weighted by atomic mass is 16.3. The van der Waals surface area contributed by atoms with E-state index in [2.05, 4.69) is 193 Å². The summed E-state index contributed by atoms with van der Waals surface area (Å²) in [7, 11) is 0. The second-order valence-corrected chi connectivity index (χ2v) is 18.4. The van der Waals surface area contributed by atoms with E-state index in [0.29, 0.717) is 18.5 Å². The number of piperidine rings is 1. The number of allylic oxidation sites excluding steroid dienone is 2. The lowest BCUT2D eigenvalue weighted by atomic mass is 9.82. The van der Waals surface area contributed by atoms with Gasteiger partial charge in [0.15, 0.2) is 5.78 Å². The number of Topliss-reactive ketones (excluding diaryl/α,β-unsaturated/α-hetero) is 1. The predicted molar refractivity (Wildman–Crippen MR) is 282 cm³/mol. The molecule has 0 amide bonds. The highest BCUT2D eigenvalue weighted by Crippen LogP contribution is 2.42. The Bertz CT molecular complexity index is 3430. The monoisotopic (exact) mass is 891 g/mol. The Kier molecular flexibility index (Phi) is 11.0. The Morgan fingerprint density at radius 1 is 0.449 bits per heavy atom. The van der Waals surface area contributed by atoms with E-state index < -0.39 is 0 Å². The SMILES string of the molecule is O=C1C2=C(O)CCCN2CCC1Cc1ccccc1-c1cc(-c2ccccc2-c2ccc(-c3ccc4ccccc4n3)cc2)cc(-c2ccccc2-c2ccc(-c3ccc4ccccc4n3)cc2)c1. The average Bonchev–Trinajstić information content (AvgIpc) is 3.41. The molecule has 0 saturated carbocycles. The Morgan fingerprint density at radius 3 is 1.42 bits per heavy atom. The van der Waals surface area contributed by atoms with Gasteiger partial charge in [0.25, 0.3) is 0 Å². The van der Waals surface area contributed by atoms with Gasteiger partial charge in [0, 0.05) is 47.3 Å². The number of ketones is 1. The zero-order valence-corrected chi connectivity index (χ0v) is 38.2. The van der Waals surface area contributed by atoms with Gasteiger partial charge in [-0.2, -0.15) is 0 Å². The maximum absolute atomic E-state index is 14.1. The molecule has 1 N–H and O–H groups in total. The lowest BCUT2D eigenvalue weighted by Gasteiger charge is -2.37. The lowest BCUT2D eigenvalue weighted by molar-refractivity contribution is -0.123. The molecular weight excluding hydrogens is 843 g/mol. The van der Waals surface area contributed by atoms with Crippen LogP contribution in [0.1, 0.15) is 24.8 Å². The van der Waals surface area contributed by atoms with E-state index in [1.807, 2.05) is 24.3 Å². The summed E-state index contributed by atoms with van der Waals surface area (Å²) in [5.41, 5.74) is 18.8. The van der Waals surface area contributed by atoms with Crippen molar-refractivity contribution in [2.45, 2.75) is 25.7 Å². The average molecular weight is 892 g/mol. The Labute approximate surface area is 402 Å². The number of benzene rings is 8. The van der Waals surface area contributed by atoms with Gasteiger partial charge in [-0.1, -0.05) is 170 Å². The van der Waals surface area contributed by atoms with Crippen LogP contribution < -0.4 is 0 Å². The van der Waals surface area contributed by atoms with Gasteiger partial charge < -0.3 is 10.0 Å². The van der Waals surface area contributed by atoms with Crippen LogP contribution in [0.5, 0.6) is 0 Å². The molecule has 332 valence electrons. The van der Waals surface area contributed by atoms with Crippen molar-refractivity contribution in [3.8, 4) is 78.1 Å². The molecular formula is C64H49N3O2. The molecule has 10 aromatic rings. The van der Waals surface area contributed by atoms with Crippen LogP contribution in [0.4, 0.5) is 0 Å². The first kappa shape index (κ1) is 42.0. The van der Waals surface area contributed by atoms with Gasteiger partial charge in [-0.3, -0.25) is 4.79 Å². The highest BCUT2D eigenvalue weighted by molar-refractivity contribution is 5.98. The number of hydrogen-bond acceptors (Lipinski definition) is 5.